The summed E-state index contributed by atoms with van der Waals surface area (Å²) in [6, 6.07) is 0. The second kappa shape index (κ2) is 7.96. The zero-order chi connectivity index (χ0) is 12.6. The molecular formula is C11H24N4O. The number of amides is 1. The van der Waals surface area contributed by atoms with Crippen molar-refractivity contribution in [2.45, 2.75) is 20.8 Å². The molecule has 0 aromatic rings. The third-order valence-electron chi connectivity index (χ3n) is 1.89. The Balaban J connectivity index is 4.17. The summed E-state index contributed by atoms with van der Waals surface area (Å²) in [6.45, 7) is 8.08. The quantitative estimate of drug-likeness (QED) is 0.525. The van der Waals surface area contributed by atoms with Gasteiger partial charge in [0.2, 0.25) is 5.91 Å². The molecule has 2 N–H and O–H groups in total. The van der Waals surface area contributed by atoms with E-state index in [1.54, 1.807) is 14.1 Å². The highest BCUT2D eigenvalue weighted by Gasteiger charge is 2.04. The van der Waals surface area contributed by atoms with E-state index >= 15 is 0 Å². The first-order valence-electron chi connectivity index (χ1n) is 5.69. The van der Waals surface area contributed by atoms with Gasteiger partial charge in [0.25, 0.3) is 0 Å². The van der Waals surface area contributed by atoms with Gasteiger partial charge in [0.15, 0.2) is 5.96 Å². The zero-order valence-electron chi connectivity index (χ0n) is 11.0. The zero-order valence-corrected chi connectivity index (χ0v) is 11.0. The predicted octanol–water partition coefficient (Wildman–Crippen LogP) is 0.286. The second-order valence-electron chi connectivity index (χ2n) is 4.26. The van der Waals surface area contributed by atoms with Crippen molar-refractivity contribution in [2.75, 3.05) is 33.7 Å². The lowest BCUT2D eigenvalue weighted by Gasteiger charge is -2.13. The number of rotatable bonds is 5. The summed E-state index contributed by atoms with van der Waals surface area (Å²) in [4.78, 5) is 17.1. The minimum Gasteiger partial charge on any atom is -0.357 e. The van der Waals surface area contributed by atoms with E-state index in [9.17, 15) is 4.79 Å². The Morgan fingerprint density at radius 3 is 2.38 bits per heavy atom. The van der Waals surface area contributed by atoms with Crippen LogP contribution in [0.1, 0.15) is 20.8 Å². The summed E-state index contributed by atoms with van der Waals surface area (Å²) >= 11 is 0. The molecule has 0 aromatic heterocycles. The van der Waals surface area contributed by atoms with Gasteiger partial charge < -0.3 is 15.5 Å². The summed E-state index contributed by atoms with van der Waals surface area (Å²) in [5.74, 6) is 1.25. The molecule has 94 valence electrons. The van der Waals surface area contributed by atoms with Crippen LogP contribution in [0.25, 0.3) is 0 Å². The van der Waals surface area contributed by atoms with E-state index in [4.69, 9.17) is 0 Å². The molecule has 5 nitrogen and oxygen atoms in total. The maximum Gasteiger partial charge on any atom is 0.243 e. The maximum atomic E-state index is 11.4. The van der Waals surface area contributed by atoms with Crippen LogP contribution in [0.15, 0.2) is 4.99 Å². The van der Waals surface area contributed by atoms with Crippen LogP contribution in [-0.2, 0) is 4.79 Å². The average Bonchev–Trinajstić information content (AvgIpc) is 2.21. The third kappa shape index (κ3) is 7.09. The summed E-state index contributed by atoms with van der Waals surface area (Å²) in [5, 5.41) is 6.28. The molecule has 0 unspecified atom stereocenters. The molecule has 0 radical (unpaired) electrons. The number of hydrogen-bond acceptors (Lipinski definition) is 2. The van der Waals surface area contributed by atoms with Crippen LogP contribution in [0.2, 0.25) is 0 Å². The maximum absolute atomic E-state index is 11.4. The van der Waals surface area contributed by atoms with Gasteiger partial charge in [0.1, 0.15) is 6.54 Å². The van der Waals surface area contributed by atoms with Gasteiger partial charge in [-0.25, -0.2) is 4.99 Å². The van der Waals surface area contributed by atoms with Crippen molar-refractivity contribution < 1.29 is 4.79 Å². The summed E-state index contributed by atoms with van der Waals surface area (Å²) in [5.41, 5.74) is 0. The topological polar surface area (TPSA) is 56.7 Å². The fourth-order valence-electron chi connectivity index (χ4n) is 0.931. The Kier molecular flexibility index (Phi) is 7.33. The molecule has 0 aliphatic heterocycles. The van der Waals surface area contributed by atoms with Crippen LogP contribution in [0.5, 0.6) is 0 Å². The average molecular weight is 228 g/mol. The van der Waals surface area contributed by atoms with Crippen molar-refractivity contribution in [3.05, 3.63) is 0 Å². The largest absolute Gasteiger partial charge is 0.357 e. The summed E-state index contributed by atoms with van der Waals surface area (Å²) < 4.78 is 0. The standard InChI is InChI=1S/C11H24N4O/c1-6-12-11(13-7-9(2)3)14-8-10(16)15(4)5/h9H,6-8H2,1-5H3,(H2,12,13,14). The van der Waals surface area contributed by atoms with Crippen molar-refractivity contribution in [3.8, 4) is 0 Å². The number of guanidine groups is 1. The molecule has 0 spiro atoms. The highest BCUT2D eigenvalue weighted by molar-refractivity contribution is 5.84. The monoisotopic (exact) mass is 228 g/mol. The number of nitrogens with zero attached hydrogens (tertiary/aromatic N) is 2. The number of likely N-dealkylation sites (N-methyl/N-ethyl adjacent to an activating group) is 1. The second-order valence-corrected chi connectivity index (χ2v) is 4.26. The third-order valence-corrected chi connectivity index (χ3v) is 1.89. The molecule has 16 heavy (non-hydrogen) atoms. The van der Waals surface area contributed by atoms with Crippen molar-refractivity contribution in [3.63, 3.8) is 0 Å². The smallest absolute Gasteiger partial charge is 0.243 e. The molecule has 0 saturated heterocycles. The molecule has 0 fully saturated rings. The Labute approximate surface area is 98.3 Å². The van der Waals surface area contributed by atoms with Crippen LogP contribution in [0, 0.1) is 5.92 Å². The fourth-order valence-corrected chi connectivity index (χ4v) is 0.931. The lowest BCUT2D eigenvalue weighted by molar-refractivity contribution is -0.127. The lowest BCUT2D eigenvalue weighted by Crippen LogP contribution is -2.40. The van der Waals surface area contributed by atoms with Crippen LogP contribution in [0.4, 0.5) is 0 Å². The number of aliphatic imine (C=N–C) groups is 1. The molecule has 0 aliphatic rings. The van der Waals surface area contributed by atoms with Crippen LogP contribution in [0.3, 0.4) is 0 Å². The lowest BCUT2D eigenvalue weighted by atomic mass is 10.2. The number of carbonyl (C=O) groups excluding carboxylic acids is 1. The van der Waals surface area contributed by atoms with Gasteiger partial charge in [-0.05, 0) is 12.8 Å². The first-order valence-corrected chi connectivity index (χ1v) is 5.69. The van der Waals surface area contributed by atoms with Gasteiger partial charge in [-0.2, -0.15) is 0 Å². The van der Waals surface area contributed by atoms with E-state index in [0.717, 1.165) is 13.1 Å². The highest BCUT2D eigenvalue weighted by Crippen LogP contribution is 1.87. The van der Waals surface area contributed by atoms with E-state index in [1.165, 1.54) is 4.90 Å². The minimum absolute atomic E-state index is 0.00162. The van der Waals surface area contributed by atoms with Crippen molar-refractivity contribution in [2.24, 2.45) is 10.9 Å². The highest BCUT2D eigenvalue weighted by atomic mass is 16.2. The van der Waals surface area contributed by atoms with Crippen LogP contribution >= 0.6 is 0 Å². The van der Waals surface area contributed by atoms with Gasteiger partial charge in [-0.1, -0.05) is 13.8 Å². The van der Waals surface area contributed by atoms with Crippen molar-refractivity contribution in [1.82, 2.24) is 15.5 Å². The molecule has 0 rings (SSSR count). The number of nitrogens with one attached hydrogen (secondary N) is 2. The van der Waals surface area contributed by atoms with Gasteiger partial charge >= 0.3 is 0 Å². The Morgan fingerprint density at radius 1 is 1.31 bits per heavy atom. The van der Waals surface area contributed by atoms with Gasteiger partial charge in [0.05, 0.1) is 0 Å². The Bertz CT molecular complexity index is 236. The van der Waals surface area contributed by atoms with Gasteiger partial charge in [-0.15, -0.1) is 0 Å². The number of carbonyl (C=O) groups is 1. The van der Waals surface area contributed by atoms with Crippen molar-refractivity contribution >= 4 is 11.9 Å². The fraction of sp³-hybridized carbons (Fsp3) is 0.818. The normalized spacial score (nSPS) is 11.5. The van der Waals surface area contributed by atoms with E-state index < -0.39 is 0 Å². The molecule has 0 atom stereocenters. The number of hydrogen-bond donors (Lipinski definition) is 2. The van der Waals surface area contributed by atoms with E-state index in [0.29, 0.717) is 11.9 Å². The van der Waals surface area contributed by atoms with E-state index in [2.05, 4.69) is 29.5 Å². The molecule has 0 heterocycles. The van der Waals surface area contributed by atoms with Gasteiger partial charge in [0, 0.05) is 27.2 Å². The van der Waals surface area contributed by atoms with E-state index in [1.807, 2.05) is 6.92 Å². The molecule has 5 heteroatoms. The Morgan fingerprint density at radius 2 is 1.94 bits per heavy atom. The Hall–Kier alpha value is -1.26. The van der Waals surface area contributed by atoms with Crippen LogP contribution in [-0.4, -0.2) is 50.5 Å². The molecular weight excluding hydrogens is 204 g/mol. The molecule has 1 amide bonds. The summed E-state index contributed by atoms with van der Waals surface area (Å²) in [6.07, 6.45) is 0. The van der Waals surface area contributed by atoms with Crippen molar-refractivity contribution in [1.29, 1.82) is 0 Å². The van der Waals surface area contributed by atoms with E-state index in [-0.39, 0.29) is 12.5 Å². The summed E-state index contributed by atoms with van der Waals surface area (Å²) in [7, 11) is 3.46. The first kappa shape index (κ1) is 14.7. The molecule has 0 saturated carbocycles. The predicted molar refractivity (Wildman–Crippen MR) is 67.5 cm³/mol. The van der Waals surface area contributed by atoms with Crippen LogP contribution < -0.4 is 10.6 Å². The molecule has 0 aliphatic carbocycles. The molecule has 0 bridgehead atoms. The minimum atomic E-state index is 0.00162. The SMILES string of the molecule is CCNC(=NCC(=O)N(C)C)NCC(C)C. The van der Waals surface area contributed by atoms with Gasteiger partial charge in [-0.3, -0.25) is 4.79 Å². The molecule has 0 aromatic carbocycles. The first-order chi connectivity index (χ1) is 7.47.